The van der Waals surface area contributed by atoms with Crippen molar-refractivity contribution < 1.29 is 28.8 Å². The van der Waals surface area contributed by atoms with E-state index in [1.54, 1.807) is 13.8 Å². The van der Waals surface area contributed by atoms with Crippen LogP contribution in [-0.4, -0.2) is 50.7 Å². The number of ether oxygens (including phenoxy) is 2. The molecule has 1 aliphatic heterocycles. The van der Waals surface area contributed by atoms with Crippen LogP contribution in [0.4, 0.5) is 5.00 Å². The first kappa shape index (κ1) is 21.1. The molecule has 2 rings (SSSR count). The minimum Gasteiger partial charge on any atom is -0.462 e. The highest BCUT2D eigenvalue weighted by atomic mass is 32.1. The zero-order valence-corrected chi connectivity index (χ0v) is 16.7. The van der Waals surface area contributed by atoms with Gasteiger partial charge in [-0.15, -0.1) is 11.3 Å². The summed E-state index contributed by atoms with van der Waals surface area (Å²) in [6, 6.07) is 0. The number of esters is 2. The van der Waals surface area contributed by atoms with Crippen LogP contribution in [0.25, 0.3) is 0 Å². The van der Waals surface area contributed by atoms with Crippen molar-refractivity contribution in [3.8, 4) is 0 Å². The highest BCUT2D eigenvalue weighted by Gasteiger charge is 2.28. The molecule has 0 saturated carbocycles. The predicted molar refractivity (Wildman–Crippen MR) is 104 cm³/mol. The van der Waals surface area contributed by atoms with E-state index in [0.717, 1.165) is 37.3 Å². The highest BCUT2D eigenvalue weighted by Crippen LogP contribution is 2.34. The predicted octanol–water partition coefficient (Wildman–Crippen LogP) is 1.58. The monoisotopic (exact) mass is 395 g/mol. The maximum Gasteiger partial charge on any atom is 0.348 e. The van der Waals surface area contributed by atoms with Crippen molar-refractivity contribution in [3.63, 3.8) is 0 Å². The molecular weight excluding hydrogens is 368 g/mol. The summed E-state index contributed by atoms with van der Waals surface area (Å²) in [5, 5.41) is 3.13. The third kappa shape index (κ3) is 5.64. The second-order valence-corrected chi connectivity index (χ2v) is 7.42. The molecule has 0 atom stereocenters. The molecule has 1 saturated heterocycles. The minimum atomic E-state index is -0.561. The second kappa shape index (κ2) is 10.2. The van der Waals surface area contributed by atoms with Gasteiger partial charge in [-0.1, -0.05) is 12.7 Å². The number of likely N-dealkylation sites (tertiary alicyclic amines) is 1. The summed E-state index contributed by atoms with van der Waals surface area (Å²) in [6.07, 6.45) is 4.91. The van der Waals surface area contributed by atoms with Gasteiger partial charge in [-0.3, -0.25) is 4.79 Å². The van der Waals surface area contributed by atoms with Crippen molar-refractivity contribution in [1.82, 2.24) is 0 Å². The summed E-state index contributed by atoms with van der Waals surface area (Å²) in [7, 11) is 0. The number of thiophene rings is 1. The standard InChI is InChI=1S/C19H26N2O5S/c1-4-11-26-19(24)16-13(3)15(18(23)25-5-2)17(27-16)20-14(22)12-21-9-7-6-8-10-21/h4H,1,5-12H2,2-3H3,(H,20,22)/p+1. The van der Waals surface area contributed by atoms with Gasteiger partial charge in [-0.25, -0.2) is 9.59 Å². The van der Waals surface area contributed by atoms with Gasteiger partial charge in [0.25, 0.3) is 5.91 Å². The van der Waals surface area contributed by atoms with Crippen molar-refractivity contribution in [2.75, 3.05) is 38.2 Å². The van der Waals surface area contributed by atoms with Gasteiger partial charge in [0, 0.05) is 0 Å². The number of hydrogen-bond donors (Lipinski definition) is 2. The largest absolute Gasteiger partial charge is 0.462 e. The fraction of sp³-hybridized carbons (Fsp3) is 0.526. The Morgan fingerprint density at radius 2 is 1.89 bits per heavy atom. The lowest BCUT2D eigenvalue weighted by molar-refractivity contribution is -0.896. The van der Waals surface area contributed by atoms with E-state index >= 15 is 0 Å². The van der Waals surface area contributed by atoms with Crippen LogP contribution in [0, 0.1) is 6.92 Å². The van der Waals surface area contributed by atoms with Gasteiger partial charge in [0.1, 0.15) is 16.5 Å². The van der Waals surface area contributed by atoms with E-state index in [1.807, 2.05) is 0 Å². The van der Waals surface area contributed by atoms with E-state index in [1.165, 1.54) is 17.4 Å². The van der Waals surface area contributed by atoms with Gasteiger partial charge in [0.2, 0.25) is 0 Å². The Balaban J connectivity index is 2.21. The molecule has 1 amide bonds. The van der Waals surface area contributed by atoms with E-state index in [-0.39, 0.29) is 29.6 Å². The second-order valence-electron chi connectivity index (χ2n) is 6.40. The Morgan fingerprint density at radius 3 is 2.52 bits per heavy atom. The van der Waals surface area contributed by atoms with E-state index in [0.29, 0.717) is 17.1 Å². The van der Waals surface area contributed by atoms with Crippen LogP contribution < -0.4 is 10.2 Å². The number of carbonyl (C=O) groups is 3. The number of rotatable bonds is 8. The molecule has 0 radical (unpaired) electrons. The molecular formula is C19H27N2O5S+. The lowest BCUT2D eigenvalue weighted by Crippen LogP contribution is -3.13. The van der Waals surface area contributed by atoms with E-state index in [4.69, 9.17) is 9.47 Å². The van der Waals surface area contributed by atoms with Gasteiger partial charge in [0.05, 0.1) is 25.3 Å². The van der Waals surface area contributed by atoms with Crippen LogP contribution in [0.15, 0.2) is 12.7 Å². The number of hydrogen-bond acceptors (Lipinski definition) is 6. The fourth-order valence-corrected chi connectivity index (χ4v) is 4.18. The molecule has 1 aliphatic rings. The molecule has 27 heavy (non-hydrogen) atoms. The van der Waals surface area contributed by atoms with Gasteiger partial charge >= 0.3 is 11.9 Å². The third-order valence-electron chi connectivity index (χ3n) is 4.37. The summed E-state index contributed by atoms with van der Waals surface area (Å²) in [6.45, 7) is 9.44. The Kier molecular flexibility index (Phi) is 7.99. The number of quaternary nitrogens is 1. The van der Waals surface area contributed by atoms with Crippen molar-refractivity contribution in [2.45, 2.75) is 33.1 Å². The lowest BCUT2D eigenvalue weighted by atomic mass is 10.1. The number of amides is 1. The first-order chi connectivity index (χ1) is 13.0. The van der Waals surface area contributed by atoms with E-state index in [2.05, 4.69) is 11.9 Å². The van der Waals surface area contributed by atoms with Crippen LogP contribution in [0.5, 0.6) is 0 Å². The van der Waals surface area contributed by atoms with E-state index in [9.17, 15) is 14.4 Å². The first-order valence-electron chi connectivity index (χ1n) is 9.19. The van der Waals surface area contributed by atoms with Gasteiger partial charge in [-0.2, -0.15) is 0 Å². The van der Waals surface area contributed by atoms with Crippen molar-refractivity contribution in [2.24, 2.45) is 0 Å². The van der Waals surface area contributed by atoms with E-state index < -0.39 is 11.9 Å². The normalized spacial score (nSPS) is 14.4. The van der Waals surface area contributed by atoms with Crippen LogP contribution in [0.3, 0.4) is 0 Å². The molecule has 7 nitrogen and oxygen atoms in total. The molecule has 8 heteroatoms. The summed E-state index contributed by atoms with van der Waals surface area (Å²) in [5.41, 5.74) is 0.669. The Hall–Kier alpha value is -2.19. The van der Waals surface area contributed by atoms with Crippen molar-refractivity contribution in [1.29, 1.82) is 0 Å². The number of nitrogens with one attached hydrogen (secondary N) is 2. The first-order valence-corrected chi connectivity index (χ1v) is 10.0. The summed E-state index contributed by atoms with van der Waals surface area (Å²) >= 11 is 1.04. The molecule has 0 aliphatic carbocycles. The van der Waals surface area contributed by atoms with Gasteiger partial charge < -0.3 is 19.7 Å². The summed E-state index contributed by atoms with van der Waals surface area (Å²) in [5.74, 6) is -1.29. The molecule has 0 aromatic carbocycles. The average molecular weight is 396 g/mol. The SMILES string of the molecule is C=CCOC(=O)c1sc(NC(=O)C[NH+]2CCCCC2)c(C(=O)OCC)c1C. The van der Waals surface area contributed by atoms with Crippen LogP contribution in [0.1, 0.15) is 51.8 Å². The topological polar surface area (TPSA) is 86.1 Å². The van der Waals surface area contributed by atoms with Crippen LogP contribution >= 0.6 is 11.3 Å². The highest BCUT2D eigenvalue weighted by molar-refractivity contribution is 7.18. The average Bonchev–Trinajstić information content (AvgIpc) is 2.96. The Labute approximate surface area is 163 Å². The fourth-order valence-electron chi connectivity index (χ4n) is 3.07. The summed E-state index contributed by atoms with van der Waals surface area (Å²) < 4.78 is 10.2. The zero-order chi connectivity index (χ0) is 19.8. The van der Waals surface area contributed by atoms with Crippen LogP contribution in [-0.2, 0) is 14.3 Å². The van der Waals surface area contributed by atoms with Gasteiger partial charge in [0.15, 0.2) is 6.54 Å². The molecule has 2 heterocycles. The number of anilines is 1. The molecule has 1 aromatic rings. The zero-order valence-electron chi connectivity index (χ0n) is 15.9. The molecule has 2 N–H and O–H groups in total. The molecule has 0 spiro atoms. The maximum atomic E-state index is 12.5. The van der Waals surface area contributed by atoms with Crippen molar-refractivity contribution in [3.05, 3.63) is 28.7 Å². The minimum absolute atomic E-state index is 0.0743. The Bertz CT molecular complexity index is 707. The lowest BCUT2D eigenvalue weighted by Gasteiger charge is -2.22. The third-order valence-corrected chi connectivity index (χ3v) is 5.56. The molecule has 148 valence electrons. The van der Waals surface area contributed by atoms with Crippen LogP contribution in [0.2, 0.25) is 0 Å². The quantitative estimate of drug-likeness (QED) is 0.516. The molecule has 1 fully saturated rings. The molecule has 0 bridgehead atoms. The smallest absolute Gasteiger partial charge is 0.348 e. The molecule has 1 aromatic heterocycles. The number of piperidine rings is 1. The molecule has 0 unspecified atom stereocenters. The Morgan fingerprint density at radius 1 is 1.19 bits per heavy atom. The van der Waals surface area contributed by atoms with Crippen molar-refractivity contribution >= 4 is 34.2 Å². The summed E-state index contributed by atoms with van der Waals surface area (Å²) in [4.78, 5) is 38.6. The maximum absolute atomic E-state index is 12.5. The number of carbonyl (C=O) groups excluding carboxylic acids is 3. The van der Waals surface area contributed by atoms with Gasteiger partial charge in [-0.05, 0) is 38.7 Å².